The van der Waals surface area contributed by atoms with Crippen molar-refractivity contribution in [3.05, 3.63) is 87.8 Å². The van der Waals surface area contributed by atoms with Gasteiger partial charge >= 0.3 is 0 Å². The zero-order valence-electron chi connectivity index (χ0n) is 14.3. The number of hydrogen-bond donors (Lipinski definition) is 2. The number of carbonyl (C=O) groups excluding carboxylic acids is 2. The molecule has 0 spiro atoms. The first kappa shape index (κ1) is 19.0. The van der Waals surface area contributed by atoms with Crippen molar-refractivity contribution >= 4 is 40.6 Å². The molecule has 0 aliphatic carbocycles. The van der Waals surface area contributed by atoms with Crippen molar-refractivity contribution in [2.45, 2.75) is 13.1 Å². The van der Waals surface area contributed by atoms with Gasteiger partial charge in [0.15, 0.2) is 11.9 Å². The van der Waals surface area contributed by atoms with Crippen molar-refractivity contribution < 1.29 is 14.0 Å². The molecule has 0 radical (unpaired) electrons. The van der Waals surface area contributed by atoms with Crippen molar-refractivity contribution in [3.63, 3.8) is 0 Å². The van der Waals surface area contributed by atoms with Gasteiger partial charge in [-0.15, -0.1) is 0 Å². The van der Waals surface area contributed by atoms with Gasteiger partial charge in [0.05, 0.1) is 16.3 Å². The molecule has 1 amide bonds. The van der Waals surface area contributed by atoms with Crippen LogP contribution in [0.25, 0.3) is 0 Å². The summed E-state index contributed by atoms with van der Waals surface area (Å²) in [5, 5.41) is 6.36. The van der Waals surface area contributed by atoms with E-state index in [-0.39, 0.29) is 11.5 Å². The number of furan rings is 1. The van der Waals surface area contributed by atoms with Gasteiger partial charge in [-0.3, -0.25) is 9.59 Å². The predicted molar refractivity (Wildman–Crippen MR) is 106 cm³/mol. The molecule has 2 aromatic carbocycles. The van der Waals surface area contributed by atoms with Gasteiger partial charge in [-0.25, -0.2) is 0 Å². The SMILES string of the molecule is Cc1ccc(C(=O)[C@@H](NC(=O)c2ccco2)Nc2ccc(Cl)c(Cl)c2)cc1. The minimum absolute atomic E-state index is 0.104. The molecule has 0 saturated carbocycles. The molecule has 1 heterocycles. The quantitative estimate of drug-likeness (QED) is 0.452. The third-order valence-electron chi connectivity index (χ3n) is 3.85. The summed E-state index contributed by atoms with van der Waals surface area (Å²) in [7, 11) is 0. The molecule has 138 valence electrons. The molecule has 0 aliphatic rings. The number of amides is 1. The highest BCUT2D eigenvalue weighted by molar-refractivity contribution is 6.42. The fourth-order valence-electron chi connectivity index (χ4n) is 2.41. The number of aryl methyl sites for hydroxylation is 1. The molecule has 0 aliphatic heterocycles. The summed E-state index contributed by atoms with van der Waals surface area (Å²) in [6, 6.07) is 15.0. The second-order valence-corrected chi connectivity index (χ2v) is 6.70. The topological polar surface area (TPSA) is 71.3 Å². The number of halogens is 2. The molecule has 5 nitrogen and oxygen atoms in total. The summed E-state index contributed by atoms with van der Waals surface area (Å²) >= 11 is 12.0. The smallest absolute Gasteiger partial charge is 0.288 e. The summed E-state index contributed by atoms with van der Waals surface area (Å²) in [6.07, 6.45) is 0.362. The number of nitrogens with one attached hydrogen (secondary N) is 2. The van der Waals surface area contributed by atoms with Gasteiger partial charge < -0.3 is 15.1 Å². The Balaban J connectivity index is 1.87. The van der Waals surface area contributed by atoms with Crippen LogP contribution >= 0.6 is 23.2 Å². The highest BCUT2D eigenvalue weighted by Gasteiger charge is 2.24. The van der Waals surface area contributed by atoms with E-state index < -0.39 is 12.1 Å². The molecule has 0 fully saturated rings. The van der Waals surface area contributed by atoms with E-state index in [1.165, 1.54) is 12.3 Å². The average molecular weight is 403 g/mol. The first-order valence-corrected chi connectivity index (χ1v) is 8.86. The Bertz CT molecular complexity index is 954. The summed E-state index contributed by atoms with van der Waals surface area (Å²) in [5.41, 5.74) is 2.02. The van der Waals surface area contributed by atoms with Gasteiger partial charge in [-0.05, 0) is 37.3 Å². The second kappa shape index (κ2) is 8.29. The van der Waals surface area contributed by atoms with Crippen molar-refractivity contribution in [3.8, 4) is 0 Å². The number of hydrogen-bond acceptors (Lipinski definition) is 4. The molecule has 0 unspecified atom stereocenters. The largest absolute Gasteiger partial charge is 0.459 e. The van der Waals surface area contributed by atoms with Crippen molar-refractivity contribution in [1.29, 1.82) is 0 Å². The number of carbonyl (C=O) groups is 2. The van der Waals surface area contributed by atoms with Crippen LogP contribution < -0.4 is 10.6 Å². The van der Waals surface area contributed by atoms with Crippen LogP contribution in [-0.2, 0) is 0 Å². The van der Waals surface area contributed by atoms with E-state index >= 15 is 0 Å². The Labute approximate surface area is 166 Å². The van der Waals surface area contributed by atoms with Crippen LogP contribution in [0.1, 0.15) is 26.5 Å². The molecule has 3 rings (SSSR count). The standard InChI is InChI=1S/C20H16Cl2N2O3/c1-12-4-6-13(7-5-12)18(25)19(24-20(26)17-3-2-10-27-17)23-14-8-9-15(21)16(22)11-14/h2-11,19,23H,1H3,(H,24,26)/t19-/m1/s1. The third kappa shape index (κ3) is 4.70. The van der Waals surface area contributed by atoms with E-state index in [4.69, 9.17) is 27.6 Å². The number of rotatable bonds is 6. The van der Waals surface area contributed by atoms with Gasteiger partial charge in [0, 0.05) is 11.3 Å². The van der Waals surface area contributed by atoms with Crippen LogP contribution in [0.2, 0.25) is 10.0 Å². The number of benzene rings is 2. The van der Waals surface area contributed by atoms with Gasteiger partial charge in [-0.1, -0.05) is 53.0 Å². The minimum Gasteiger partial charge on any atom is -0.459 e. The summed E-state index contributed by atoms with van der Waals surface area (Å²) in [5.74, 6) is -0.716. The monoisotopic (exact) mass is 402 g/mol. The average Bonchev–Trinajstić information content (AvgIpc) is 3.19. The molecule has 0 saturated heterocycles. The molecule has 0 bridgehead atoms. The Kier molecular flexibility index (Phi) is 5.84. The minimum atomic E-state index is -1.03. The van der Waals surface area contributed by atoms with E-state index in [0.717, 1.165) is 5.56 Å². The molecule has 7 heteroatoms. The Hall–Kier alpha value is -2.76. The highest BCUT2D eigenvalue weighted by Crippen LogP contribution is 2.25. The van der Waals surface area contributed by atoms with E-state index in [1.807, 2.05) is 19.1 Å². The van der Waals surface area contributed by atoms with E-state index in [0.29, 0.717) is 21.3 Å². The lowest BCUT2D eigenvalue weighted by Gasteiger charge is -2.20. The van der Waals surface area contributed by atoms with Crippen molar-refractivity contribution in [1.82, 2.24) is 5.32 Å². The molecule has 3 aromatic rings. The van der Waals surface area contributed by atoms with Gasteiger partial charge in [0.2, 0.25) is 5.78 Å². The molecular weight excluding hydrogens is 387 g/mol. The number of Topliss-reactive ketones (excluding diaryl/α,β-unsaturated/α-hetero) is 1. The fourth-order valence-corrected chi connectivity index (χ4v) is 2.71. The van der Waals surface area contributed by atoms with E-state index in [9.17, 15) is 9.59 Å². The highest BCUT2D eigenvalue weighted by atomic mass is 35.5. The summed E-state index contributed by atoms with van der Waals surface area (Å²) in [4.78, 5) is 25.3. The van der Waals surface area contributed by atoms with Crippen molar-refractivity contribution in [2.75, 3.05) is 5.32 Å². The molecule has 1 atom stereocenters. The normalized spacial score (nSPS) is 11.7. The van der Waals surface area contributed by atoms with Crippen LogP contribution in [0.15, 0.2) is 65.3 Å². The van der Waals surface area contributed by atoms with E-state index in [1.54, 1.807) is 36.4 Å². The van der Waals surface area contributed by atoms with Crippen molar-refractivity contribution in [2.24, 2.45) is 0 Å². The van der Waals surface area contributed by atoms with Crippen LogP contribution in [0.3, 0.4) is 0 Å². The Morgan fingerprint density at radius 3 is 2.37 bits per heavy atom. The zero-order valence-corrected chi connectivity index (χ0v) is 15.8. The number of ketones is 1. The molecule has 2 N–H and O–H groups in total. The Morgan fingerprint density at radius 2 is 1.74 bits per heavy atom. The molecule has 27 heavy (non-hydrogen) atoms. The zero-order chi connectivity index (χ0) is 19.4. The lowest BCUT2D eigenvalue weighted by Crippen LogP contribution is -2.46. The molecule has 1 aromatic heterocycles. The van der Waals surface area contributed by atoms with Crippen LogP contribution in [0.5, 0.6) is 0 Å². The third-order valence-corrected chi connectivity index (χ3v) is 4.59. The van der Waals surface area contributed by atoms with Gasteiger partial charge in [0.1, 0.15) is 0 Å². The summed E-state index contributed by atoms with van der Waals surface area (Å²) < 4.78 is 5.09. The first-order valence-electron chi connectivity index (χ1n) is 8.11. The lowest BCUT2D eigenvalue weighted by atomic mass is 10.1. The van der Waals surface area contributed by atoms with Crippen LogP contribution in [-0.4, -0.2) is 17.9 Å². The van der Waals surface area contributed by atoms with E-state index in [2.05, 4.69) is 10.6 Å². The fraction of sp³-hybridized carbons (Fsp3) is 0.100. The van der Waals surface area contributed by atoms with Crippen LogP contribution in [0, 0.1) is 6.92 Å². The first-order chi connectivity index (χ1) is 12.9. The van der Waals surface area contributed by atoms with Gasteiger partial charge in [0.25, 0.3) is 5.91 Å². The Morgan fingerprint density at radius 1 is 1.00 bits per heavy atom. The second-order valence-electron chi connectivity index (χ2n) is 5.89. The molecular formula is C20H16Cl2N2O3. The summed E-state index contributed by atoms with van der Waals surface area (Å²) in [6.45, 7) is 1.93. The van der Waals surface area contributed by atoms with Crippen LogP contribution in [0.4, 0.5) is 5.69 Å². The predicted octanol–water partition coefficient (Wildman–Crippen LogP) is 4.95. The maximum atomic E-state index is 13.0. The number of anilines is 1. The van der Waals surface area contributed by atoms with Gasteiger partial charge in [-0.2, -0.15) is 0 Å². The maximum absolute atomic E-state index is 13.0. The maximum Gasteiger partial charge on any atom is 0.288 e. The lowest BCUT2D eigenvalue weighted by molar-refractivity contribution is 0.0853.